The maximum Gasteiger partial charge on any atom is 0.293 e. The molecule has 3 aromatic rings. The summed E-state index contributed by atoms with van der Waals surface area (Å²) in [5, 5.41) is 15.9. The van der Waals surface area contributed by atoms with E-state index in [-0.39, 0.29) is 23.0 Å². The fraction of sp³-hybridized carbons (Fsp3) is 0.158. The number of hydrogen-bond donors (Lipinski definition) is 1. The Kier molecular flexibility index (Phi) is 5.88. The first kappa shape index (κ1) is 19.1. The molecule has 0 unspecified atom stereocenters. The molecule has 0 saturated carbocycles. The molecule has 0 radical (unpaired) electrons. The molecule has 0 spiro atoms. The van der Waals surface area contributed by atoms with Gasteiger partial charge in [0.15, 0.2) is 4.34 Å². The van der Waals surface area contributed by atoms with Crippen LogP contribution < -0.4 is 5.32 Å². The normalized spacial score (nSPS) is 10.6. The number of carbonyl (C=O) groups excluding carboxylic acids is 1. The van der Waals surface area contributed by atoms with Gasteiger partial charge in [-0.3, -0.25) is 14.9 Å². The van der Waals surface area contributed by atoms with Crippen LogP contribution in [0.15, 0.2) is 52.2 Å². The summed E-state index contributed by atoms with van der Waals surface area (Å²) in [7, 11) is 0. The van der Waals surface area contributed by atoms with E-state index in [2.05, 4.69) is 10.3 Å². The Morgan fingerprint density at radius 1 is 1.22 bits per heavy atom. The summed E-state index contributed by atoms with van der Waals surface area (Å²) in [4.78, 5) is 27.6. The fourth-order valence-electron chi connectivity index (χ4n) is 2.48. The largest absolute Gasteiger partial charge is 0.319 e. The second-order valence-electron chi connectivity index (χ2n) is 5.86. The monoisotopic (exact) mass is 399 g/mol. The lowest BCUT2D eigenvalue weighted by molar-refractivity contribution is -0.384. The third-order valence-corrected chi connectivity index (χ3v) is 6.08. The average Bonchev–Trinajstić information content (AvgIpc) is 3.13. The molecule has 1 amide bonds. The van der Waals surface area contributed by atoms with Crippen LogP contribution in [-0.4, -0.2) is 21.6 Å². The van der Waals surface area contributed by atoms with Crippen molar-refractivity contribution in [3.8, 4) is 11.3 Å². The lowest BCUT2D eigenvalue weighted by Gasteiger charge is -2.10. The highest BCUT2D eigenvalue weighted by atomic mass is 32.2. The summed E-state index contributed by atoms with van der Waals surface area (Å²) in [6.07, 6.45) is 0. The molecule has 1 heterocycles. The Morgan fingerprint density at radius 3 is 2.67 bits per heavy atom. The number of nitro groups is 1. The number of nitrogens with zero attached hydrogens (tertiary/aromatic N) is 2. The molecule has 1 aromatic heterocycles. The predicted octanol–water partition coefficient (Wildman–Crippen LogP) is 5.07. The second kappa shape index (κ2) is 8.32. The quantitative estimate of drug-likeness (QED) is 0.355. The van der Waals surface area contributed by atoms with Crippen molar-refractivity contribution in [2.45, 2.75) is 18.2 Å². The fourth-order valence-corrected chi connectivity index (χ4v) is 4.11. The number of thiazole rings is 1. The Balaban J connectivity index is 1.67. The number of nitrogens with one attached hydrogen (secondary N) is 1. The van der Waals surface area contributed by atoms with Gasteiger partial charge in [-0.15, -0.1) is 11.3 Å². The van der Waals surface area contributed by atoms with E-state index in [1.54, 1.807) is 13.0 Å². The van der Waals surface area contributed by atoms with Crippen LogP contribution >= 0.6 is 23.1 Å². The maximum atomic E-state index is 12.3. The van der Waals surface area contributed by atoms with Crippen molar-refractivity contribution in [2.75, 3.05) is 11.1 Å². The van der Waals surface area contributed by atoms with Gasteiger partial charge in [0, 0.05) is 17.0 Å². The first-order valence-corrected chi connectivity index (χ1v) is 10.0. The van der Waals surface area contributed by atoms with Crippen molar-refractivity contribution < 1.29 is 9.72 Å². The van der Waals surface area contributed by atoms with Gasteiger partial charge in [-0.2, -0.15) is 0 Å². The second-order valence-corrected chi connectivity index (χ2v) is 7.94. The van der Waals surface area contributed by atoms with E-state index in [1.165, 1.54) is 29.2 Å². The van der Waals surface area contributed by atoms with Gasteiger partial charge >= 0.3 is 0 Å². The van der Waals surface area contributed by atoms with Gasteiger partial charge in [-0.1, -0.05) is 48.2 Å². The van der Waals surface area contributed by atoms with E-state index in [4.69, 9.17) is 0 Å². The summed E-state index contributed by atoms with van der Waals surface area (Å²) in [5.74, 6) is -0.167. The summed E-state index contributed by atoms with van der Waals surface area (Å²) >= 11 is 2.78. The molecule has 0 atom stereocenters. The SMILES string of the molecule is Cc1ccc([N+](=O)[O-])c(NC(=O)CSc2nc(-c3ccccc3)cs2)c1C. The van der Waals surface area contributed by atoms with Crippen LogP contribution in [0.5, 0.6) is 0 Å². The van der Waals surface area contributed by atoms with Gasteiger partial charge in [-0.05, 0) is 25.0 Å². The third-order valence-electron chi connectivity index (χ3n) is 4.05. The van der Waals surface area contributed by atoms with Crippen LogP contribution in [0, 0.1) is 24.0 Å². The number of anilines is 1. The number of amides is 1. The van der Waals surface area contributed by atoms with Crippen molar-refractivity contribution in [3.63, 3.8) is 0 Å². The van der Waals surface area contributed by atoms with Crippen molar-refractivity contribution in [2.24, 2.45) is 0 Å². The van der Waals surface area contributed by atoms with E-state index < -0.39 is 4.92 Å². The minimum Gasteiger partial charge on any atom is -0.319 e. The highest BCUT2D eigenvalue weighted by Crippen LogP contribution is 2.31. The van der Waals surface area contributed by atoms with Crippen LogP contribution in [0.3, 0.4) is 0 Å². The number of thioether (sulfide) groups is 1. The van der Waals surface area contributed by atoms with E-state index in [1.807, 2.05) is 42.6 Å². The van der Waals surface area contributed by atoms with E-state index >= 15 is 0 Å². The predicted molar refractivity (Wildman–Crippen MR) is 109 cm³/mol. The Bertz CT molecular complexity index is 987. The van der Waals surface area contributed by atoms with Gasteiger partial charge < -0.3 is 5.32 Å². The highest BCUT2D eigenvalue weighted by Gasteiger charge is 2.19. The smallest absolute Gasteiger partial charge is 0.293 e. The summed E-state index contributed by atoms with van der Waals surface area (Å²) in [6, 6.07) is 12.9. The zero-order valence-electron chi connectivity index (χ0n) is 14.8. The van der Waals surface area contributed by atoms with Crippen molar-refractivity contribution in [1.29, 1.82) is 0 Å². The molecule has 0 aliphatic carbocycles. The van der Waals surface area contributed by atoms with Gasteiger partial charge in [0.05, 0.1) is 16.4 Å². The molecule has 138 valence electrons. The van der Waals surface area contributed by atoms with Crippen LogP contribution in [0.4, 0.5) is 11.4 Å². The minimum absolute atomic E-state index is 0.0999. The highest BCUT2D eigenvalue weighted by molar-refractivity contribution is 8.01. The van der Waals surface area contributed by atoms with Crippen LogP contribution in [0.2, 0.25) is 0 Å². The molecular weight excluding hydrogens is 382 g/mol. The number of rotatable bonds is 6. The molecule has 1 N–H and O–H groups in total. The molecule has 6 nitrogen and oxygen atoms in total. The minimum atomic E-state index is -0.484. The zero-order chi connectivity index (χ0) is 19.4. The van der Waals surface area contributed by atoms with E-state index in [0.717, 1.165) is 21.2 Å². The average molecular weight is 399 g/mol. The lowest BCUT2D eigenvalue weighted by atomic mass is 10.1. The standard InChI is InChI=1S/C19H17N3O3S2/c1-12-8-9-16(22(24)25)18(13(12)2)21-17(23)11-27-19-20-15(10-26-19)14-6-4-3-5-7-14/h3-10H,11H2,1-2H3,(H,21,23). The molecule has 0 aliphatic heterocycles. The lowest BCUT2D eigenvalue weighted by Crippen LogP contribution is -2.16. The molecule has 2 aromatic carbocycles. The molecular formula is C19H17N3O3S2. The Labute approximate surface area is 164 Å². The molecule has 0 saturated heterocycles. The number of hydrogen-bond acceptors (Lipinski definition) is 6. The van der Waals surface area contributed by atoms with Crippen molar-refractivity contribution in [3.05, 3.63) is 69.1 Å². The van der Waals surface area contributed by atoms with Crippen LogP contribution in [0.25, 0.3) is 11.3 Å². The summed E-state index contributed by atoms with van der Waals surface area (Å²) in [5.41, 5.74) is 3.63. The first-order valence-electron chi connectivity index (χ1n) is 8.14. The number of nitro benzene ring substituents is 1. The number of carbonyl (C=O) groups is 1. The zero-order valence-corrected chi connectivity index (χ0v) is 16.4. The van der Waals surface area contributed by atoms with Gasteiger partial charge in [0.2, 0.25) is 5.91 Å². The molecule has 3 rings (SSSR count). The molecule has 0 fully saturated rings. The topological polar surface area (TPSA) is 85.1 Å². The molecule has 8 heteroatoms. The maximum absolute atomic E-state index is 12.3. The van der Waals surface area contributed by atoms with Crippen molar-refractivity contribution >= 4 is 40.4 Å². The molecule has 0 aliphatic rings. The first-order chi connectivity index (χ1) is 13.0. The third kappa shape index (κ3) is 4.53. The van der Waals surface area contributed by atoms with E-state index in [0.29, 0.717) is 5.56 Å². The Morgan fingerprint density at radius 2 is 1.96 bits per heavy atom. The van der Waals surface area contributed by atoms with E-state index in [9.17, 15) is 14.9 Å². The van der Waals surface area contributed by atoms with Gasteiger partial charge in [0.1, 0.15) is 5.69 Å². The van der Waals surface area contributed by atoms with Gasteiger partial charge in [0.25, 0.3) is 5.69 Å². The van der Waals surface area contributed by atoms with Gasteiger partial charge in [-0.25, -0.2) is 4.98 Å². The van der Waals surface area contributed by atoms with Crippen LogP contribution in [0.1, 0.15) is 11.1 Å². The number of aromatic nitrogens is 1. The number of aryl methyl sites for hydroxylation is 1. The van der Waals surface area contributed by atoms with Crippen LogP contribution in [-0.2, 0) is 4.79 Å². The Hall–Kier alpha value is -2.71. The molecule has 0 bridgehead atoms. The summed E-state index contributed by atoms with van der Waals surface area (Å²) in [6.45, 7) is 3.61. The van der Waals surface area contributed by atoms with Crippen molar-refractivity contribution in [1.82, 2.24) is 4.98 Å². The summed E-state index contributed by atoms with van der Waals surface area (Å²) < 4.78 is 0.777. The molecule has 27 heavy (non-hydrogen) atoms. The number of benzene rings is 2.